The van der Waals surface area contributed by atoms with Crippen molar-refractivity contribution >= 4 is 56.1 Å². The zero-order chi connectivity index (χ0) is 21.0. The van der Waals surface area contributed by atoms with Crippen LogP contribution in [0.2, 0.25) is 5.15 Å². The molecule has 0 amide bonds. The van der Waals surface area contributed by atoms with Crippen molar-refractivity contribution in [3.63, 3.8) is 0 Å². The molecule has 1 aromatic carbocycles. The minimum absolute atomic E-state index is 0.0521. The molecule has 0 spiro atoms. The first-order valence-corrected chi connectivity index (χ1v) is 11.5. The van der Waals surface area contributed by atoms with Gasteiger partial charge >= 0.3 is 6.09 Å². The highest BCUT2D eigenvalue weighted by atomic mass is 35.5. The average molecular weight is 456 g/mol. The Bertz CT molecular complexity index is 1230. The lowest BCUT2D eigenvalue weighted by Crippen LogP contribution is -2.27. The molecule has 12 heteroatoms. The number of benzene rings is 1. The number of nitrogens with one attached hydrogen (secondary N) is 1. The zero-order valence-electron chi connectivity index (χ0n) is 15.8. The van der Waals surface area contributed by atoms with Crippen LogP contribution < -0.4 is 4.72 Å². The lowest BCUT2D eigenvalue weighted by Gasteiger charge is -2.19. The first-order chi connectivity index (χ1) is 13.5. The summed E-state index contributed by atoms with van der Waals surface area (Å²) in [5.41, 5.74) is 0.161. The maximum Gasteiger partial charge on any atom is 0.435 e. The van der Waals surface area contributed by atoms with Crippen LogP contribution in [0.15, 0.2) is 34.6 Å². The maximum absolute atomic E-state index is 12.9. The Morgan fingerprint density at radius 3 is 2.83 bits per heavy atom. The van der Waals surface area contributed by atoms with Crippen molar-refractivity contribution in [1.29, 1.82) is 0 Å². The van der Waals surface area contributed by atoms with E-state index in [1.807, 2.05) is 0 Å². The molecule has 3 heterocycles. The molecule has 0 radical (unpaired) electrons. The van der Waals surface area contributed by atoms with Gasteiger partial charge in [0.2, 0.25) is 0 Å². The number of ether oxygens (including phenoxy) is 1. The van der Waals surface area contributed by atoms with Gasteiger partial charge in [0.1, 0.15) is 5.60 Å². The number of thioether (sulfide) groups is 1. The van der Waals surface area contributed by atoms with Gasteiger partial charge in [-0.3, -0.25) is 4.72 Å². The fourth-order valence-corrected chi connectivity index (χ4v) is 5.75. The molecule has 0 fully saturated rings. The highest BCUT2D eigenvalue weighted by molar-refractivity contribution is 7.99. The van der Waals surface area contributed by atoms with E-state index in [9.17, 15) is 13.2 Å². The topological polar surface area (TPSA) is 108 Å². The molecular formula is C17H18ClN5O4S2. The number of imidazole rings is 1. The number of halogens is 1. The van der Waals surface area contributed by atoms with E-state index >= 15 is 0 Å². The van der Waals surface area contributed by atoms with Gasteiger partial charge in [-0.1, -0.05) is 23.4 Å². The van der Waals surface area contributed by atoms with Crippen LogP contribution in [-0.2, 0) is 21.3 Å². The third-order valence-corrected chi connectivity index (χ3v) is 6.79. The number of anilines is 1. The molecule has 0 unspecified atom stereocenters. The summed E-state index contributed by atoms with van der Waals surface area (Å²) >= 11 is 7.53. The number of hydrogen-bond acceptors (Lipinski definition) is 7. The second-order valence-corrected chi connectivity index (χ2v) is 10.4. The quantitative estimate of drug-likeness (QED) is 0.642. The van der Waals surface area contributed by atoms with E-state index in [0.717, 1.165) is 10.4 Å². The Morgan fingerprint density at radius 2 is 2.10 bits per heavy atom. The Morgan fingerprint density at radius 1 is 1.34 bits per heavy atom. The van der Waals surface area contributed by atoms with Crippen LogP contribution in [0.3, 0.4) is 0 Å². The number of aromatic nitrogens is 4. The van der Waals surface area contributed by atoms with Crippen LogP contribution >= 0.6 is 23.4 Å². The number of carbonyl (C=O) groups is 1. The SMILES string of the molecule is CC(C)(C)OC(=O)n1ncc2cc(NS(=O)(=O)c3c(Cl)nc4n3CCS4)ccc21. The van der Waals surface area contributed by atoms with E-state index in [-0.39, 0.29) is 10.2 Å². The van der Waals surface area contributed by atoms with E-state index in [1.54, 1.807) is 43.5 Å². The fourth-order valence-electron chi connectivity index (χ4n) is 2.93. The Hall–Kier alpha value is -2.24. The molecular weight excluding hydrogens is 438 g/mol. The van der Waals surface area contributed by atoms with Gasteiger partial charge in [-0.25, -0.2) is 9.78 Å². The first-order valence-electron chi connectivity index (χ1n) is 8.68. The minimum Gasteiger partial charge on any atom is -0.442 e. The molecule has 154 valence electrons. The summed E-state index contributed by atoms with van der Waals surface area (Å²) in [5.74, 6) is 0.748. The van der Waals surface area contributed by atoms with E-state index in [2.05, 4.69) is 14.8 Å². The second-order valence-electron chi connectivity index (χ2n) is 7.41. The van der Waals surface area contributed by atoms with E-state index in [0.29, 0.717) is 28.3 Å². The Labute approximate surface area is 176 Å². The molecule has 1 N–H and O–H groups in total. The van der Waals surface area contributed by atoms with Crippen molar-refractivity contribution in [2.24, 2.45) is 0 Å². The van der Waals surface area contributed by atoms with Crippen LogP contribution in [0.4, 0.5) is 10.5 Å². The average Bonchev–Trinajstić information content (AvgIpc) is 3.25. The Balaban J connectivity index is 1.64. The van der Waals surface area contributed by atoms with E-state index in [4.69, 9.17) is 16.3 Å². The summed E-state index contributed by atoms with van der Waals surface area (Å²) in [4.78, 5) is 16.4. The normalized spacial score (nSPS) is 14.2. The molecule has 0 aliphatic carbocycles. The molecule has 1 aliphatic heterocycles. The van der Waals surface area contributed by atoms with Crippen molar-refractivity contribution in [3.8, 4) is 0 Å². The van der Waals surface area contributed by atoms with E-state index < -0.39 is 21.7 Å². The Kier molecular flexibility index (Phi) is 4.79. The first kappa shape index (κ1) is 20.0. The fraction of sp³-hybridized carbons (Fsp3) is 0.353. The van der Waals surface area contributed by atoms with Crippen LogP contribution in [-0.4, -0.2) is 45.2 Å². The molecule has 0 bridgehead atoms. The lowest BCUT2D eigenvalue weighted by atomic mass is 10.2. The highest BCUT2D eigenvalue weighted by Gasteiger charge is 2.30. The predicted molar refractivity (Wildman–Crippen MR) is 110 cm³/mol. The van der Waals surface area contributed by atoms with Gasteiger partial charge in [0, 0.05) is 23.4 Å². The van der Waals surface area contributed by atoms with Crippen molar-refractivity contribution in [2.75, 3.05) is 10.5 Å². The maximum atomic E-state index is 12.9. The van der Waals surface area contributed by atoms with Crippen molar-refractivity contribution in [1.82, 2.24) is 19.3 Å². The molecule has 0 saturated carbocycles. The molecule has 9 nitrogen and oxygen atoms in total. The van der Waals surface area contributed by atoms with Crippen LogP contribution in [0, 0.1) is 0 Å². The van der Waals surface area contributed by atoms with Crippen LogP contribution in [0.25, 0.3) is 10.9 Å². The minimum atomic E-state index is -3.94. The van der Waals surface area contributed by atoms with Crippen LogP contribution in [0.1, 0.15) is 20.8 Å². The summed E-state index contributed by atoms with van der Waals surface area (Å²) in [6.07, 6.45) is 0.858. The zero-order valence-corrected chi connectivity index (χ0v) is 18.2. The van der Waals surface area contributed by atoms with Gasteiger partial charge in [-0.05, 0) is 39.0 Å². The second kappa shape index (κ2) is 6.92. The molecule has 2 aromatic heterocycles. The predicted octanol–water partition coefficient (Wildman–Crippen LogP) is 3.58. The largest absolute Gasteiger partial charge is 0.442 e. The molecule has 4 rings (SSSR count). The number of sulfonamides is 1. The van der Waals surface area contributed by atoms with Gasteiger partial charge in [0.05, 0.1) is 11.7 Å². The smallest absolute Gasteiger partial charge is 0.435 e. The van der Waals surface area contributed by atoms with Gasteiger partial charge in [0.25, 0.3) is 10.0 Å². The van der Waals surface area contributed by atoms with Gasteiger partial charge in [0.15, 0.2) is 15.3 Å². The number of rotatable bonds is 3. The number of hydrogen-bond donors (Lipinski definition) is 1. The van der Waals surface area contributed by atoms with Gasteiger partial charge in [-0.2, -0.15) is 18.2 Å². The summed E-state index contributed by atoms with van der Waals surface area (Å²) < 4.78 is 36.4. The molecule has 0 saturated heterocycles. The number of fused-ring (bicyclic) bond motifs is 2. The summed E-state index contributed by atoms with van der Waals surface area (Å²) in [7, 11) is -3.94. The number of nitrogens with zero attached hydrogens (tertiary/aromatic N) is 4. The third kappa shape index (κ3) is 3.81. The summed E-state index contributed by atoms with van der Waals surface area (Å²) in [6.45, 7) is 5.82. The highest BCUT2D eigenvalue weighted by Crippen LogP contribution is 2.34. The monoisotopic (exact) mass is 455 g/mol. The van der Waals surface area contributed by atoms with Crippen molar-refractivity contribution < 1.29 is 17.9 Å². The van der Waals surface area contributed by atoms with Crippen molar-refractivity contribution in [2.45, 2.75) is 43.1 Å². The van der Waals surface area contributed by atoms with E-state index in [1.165, 1.54) is 18.0 Å². The molecule has 29 heavy (non-hydrogen) atoms. The molecule has 0 atom stereocenters. The standard InChI is InChI=1S/C17H18ClN5O4S2/c1-17(2,3)27-16(24)23-12-5-4-11(8-10(12)9-19-23)21-29(25,26)14-13(18)20-15-22(14)6-7-28-15/h4-5,8-9,21H,6-7H2,1-3H3. The number of carbonyl (C=O) groups excluding carboxylic acids is 1. The van der Waals surface area contributed by atoms with Crippen LogP contribution in [0.5, 0.6) is 0 Å². The molecule has 3 aromatic rings. The summed E-state index contributed by atoms with van der Waals surface area (Å²) in [5, 5.41) is 5.11. The van der Waals surface area contributed by atoms with Gasteiger partial charge in [-0.15, -0.1) is 0 Å². The van der Waals surface area contributed by atoms with Gasteiger partial charge < -0.3 is 9.30 Å². The summed E-state index contributed by atoms with van der Waals surface area (Å²) in [6, 6.07) is 4.74. The van der Waals surface area contributed by atoms with Crippen molar-refractivity contribution in [3.05, 3.63) is 29.5 Å². The third-order valence-electron chi connectivity index (χ3n) is 4.03. The lowest BCUT2D eigenvalue weighted by molar-refractivity contribution is 0.0522. The molecule has 1 aliphatic rings.